The van der Waals surface area contributed by atoms with Crippen LogP contribution in [-0.2, 0) is 6.54 Å². The van der Waals surface area contributed by atoms with Crippen molar-refractivity contribution in [2.75, 3.05) is 13.7 Å². The minimum atomic E-state index is 0.521. The number of aromatic nitrogens is 1. The zero-order valence-corrected chi connectivity index (χ0v) is 11.9. The summed E-state index contributed by atoms with van der Waals surface area (Å²) in [5.41, 5.74) is 4.48. The van der Waals surface area contributed by atoms with E-state index in [2.05, 4.69) is 39.5 Å². The smallest absolute Gasteiger partial charge is 0.118 e. The fraction of sp³-hybridized carbons (Fsp3) is 0.400. The average Bonchev–Trinajstić information content (AvgIpc) is 3.11. The molecule has 3 rings (SSSR count). The third-order valence-electron chi connectivity index (χ3n) is 3.71. The molecule has 0 aliphatic carbocycles. The van der Waals surface area contributed by atoms with Crippen molar-refractivity contribution in [1.82, 2.24) is 9.88 Å². The Bertz CT molecular complexity index is 509. The quantitative estimate of drug-likeness (QED) is 0.853. The number of rotatable bonds is 4. The molecule has 0 radical (unpaired) electrons. The van der Waals surface area contributed by atoms with Gasteiger partial charge in [0.15, 0.2) is 0 Å². The van der Waals surface area contributed by atoms with Gasteiger partial charge in [-0.05, 0) is 37.1 Å². The van der Waals surface area contributed by atoms with Crippen LogP contribution in [0.3, 0.4) is 0 Å². The Morgan fingerprint density at radius 1 is 1.37 bits per heavy atom. The fourth-order valence-corrected chi connectivity index (χ4v) is 3.29. The molecule has 4 heteroatoms. The standard InChI is InChI=1S/C15H18N2OS/c1-18-14-6-4-12(5-7-14)15-3-2-8-17(15)9-13-10-19-11-16-13/h4-7,10-11,15H,2-3,8-9H2,1H3. The maximum atomic E-state index is 5.22. The molecule has 0 spiro atoms. The highest BCUT2D eigenvalue weighted by molar-refractivity contribution is 7.07. The van der Waals surface area contributed by atoms with Crippen molar-refractivity contribution in [2.45, 2.75) is 25.4 Å². The molecule has 1 aromatic heterocycles. The first kappa shape index (κ1) is 12.6. The van der Waals surface area contributed by atoms with E-state index in [1.54, 1.807) is 18.4 Å². The highest BCUT2D eigenvalue weighted by Gasteiger charge is 2.26. The van der Waals surface area contributed by atoms with E-state index >= 15 is 0 Å². The number of hydrogen-bond acceptors (Lipinski definition) is 4. The molecule has 1 saturated heterocycles. The highest BCUT2D eigenvalue weighted by atomic mass is 32.1. The van der Waals surface area contributed by atoms with Crippen LogP contribution in [0.15, 0.2) is 35.2 Å². The van der Waals surface area contributed by atoms with Crippen LogP contribution < -0.4 is 4.74 Å². The predicted octanol–water partition coefficient (Wildman–Crippen LogP) is 3.49. The van der Waals surface area contributed by atoms with E-state index in [0.29, 0.717) is 6.04 Å². The van der Waals surface area contributed by atoms with E-state index in [9.17, 15) is 0 Å². The van der Waals surface area contributed by atoms with Gasteiger partial charge >= 0.3 is 0 Å². The molecule has 2 heterocycles. The minimum Gasteiger partial charge on any atom is -0.497 e. The maximum absolute atomic E-state index is 5.22. The second kappa shape index (κ2) is 5.72. The third-order valence-corrected chi connectivity index (χ3v) is 4.35. The van der Waals surface area contributed by atoms with Gasteiger partial charge in [-0.3, -0.25) is 4.90 Å². The molecule has 3 nitrogen and oxygen atoms in total. The summed E-state index contributed by atoms with van der Waals surface area (Å²) in [6.45, 7) is 2.12. The molecule has 0 saturated carbocycles. The molecular weight excluding hydrogens is 256 g/mol. The summed E-state index contributed by atoms with van der Waals surface area (Å²) in [5.74, 6) is 0.924. The van der Waals surface area contributed by atoms with Gasteiger partial charge in [0.25, 0.3) is 0 Å². The van der Waals surface area contributed by atoms with Crippen molar-refractivity contribution in [2.24, 2.45) is 0 Å². The topological polar surface area (TPSA) is 25.4 Å². The Kier molecular flexibility index (Phi) is 3.80. The van der Waals surface area contributed by atoms with Crippen LogP contribution in [0.4, 0.5) is 0 Å². The van der Waals surface area contributed by atoms with Gasteiger partial charge in [0.05, 0.1) is 18.3 Å². The van der Waals surface area contributed by atoms with Crippen molar-refractivity contribution in [3.8, 4) is 5.75 Å². The van der Waals surface area contributed by atoms with Crippen LogP contribution in [0.25, 0.3) is 0 Å². The lowest BCUT2D eigenvalue weighted by molar-refractivity contribution is 0.246. The van der Waals surface area contributed by atoms with Gasteiger partial charge in [-0.2, -0.15) is 0 Å². The van der Waals surface area contributed by atoms with Crippen molar-refractivity contribution >= 4 is 11.3 Å². The van der Waals surface area contributed by atoms with Gasteiger partial charge in [-0.1, -0.05) is 12.1 Å². The Balaban J connectivity index is 1.74. The van der Waals surface area contributed by atoms with E-state index in [-0.39, 0.29) is 0 Å². The lowest BCUT2D eigenvalue weighted by Gasteiger charge is -2.24. The monoisotopic (exact) mass is 274 g/mol. The summed E-state index contributed by atoms with van der Waals surface area (Å²) in [6, 6.07) is 8.99. The van der Waals surface area contributed by atoms with Crippen LogP contribution >= 0.6 is 11.3 Å². The number of benzene rings is 1. The van der Waals surface area contributed by atoms with Gasteiger partial charge in [0, 0.05) is 18.0 Å². The van der Waals surface area contributed by atoms with E-state index in [1.807, 2.05) is 5.51 Å². The summed E-state index contributed by atoms with van der Waals surface area (Å²) in [7, 11) is 1.71. The molecular formula is C15H18N2OS. The Morgan fingerprint density at radius 3 is 2.89 bits per heavy atom. The summed E-state index contributed by atoms with van der Waals surface area (Å²) >= 11 is 1.67. The lowest BCUT2D eigenvalue weighted by Crippen LogP contribution is -2.22. The molecule has 100 valence electrons. The highest BCUT2D eigenvalue weighted by Crippen LogP contribution is 2.33. The van der Waals surface area contributed by atoms with Crippen LogP contribution in [0.5, 0.6) is 5.75 Å². The summed E-state index contributed by atoms with van der Waals surface area (Å²) in [5, 5.41) is 2.14. The summed E-state index contributed by atoms with van der Waals surface area (Å²) < 4.78 is 5.22. The third kappa shape index (κ3) is 2.80. The first-order valence-electron chi connectivity index (χ1n) is 6.62. The molecule has 1 fully saturated rings. The van der Waals surface area contributed by atoms with Gasteiger partial charge < -0.3 is 4.74 Å². The van der Waals surface area contributed by atoms with Gasteiger partial charge in [0.2, 0.25) is 0 Å². The Hall–Kier alpha value is -1.39. The summed E-state index contributed by atoms with van der Waals surface area (Å²) in [4.78, 5) is 6.92. The van der Waals surface area contributed by atoms with Crippen LogP contribution in [0.1, 0.15) is 30.1 Å². The molecule has 1 atom stereocenters. The second-order valence-corrected chi connectivity index (χ2v) is 5.60. The molecule has 1 unspecified atom stereocenters. The van der Waals surface area contributed by atoms with E-state index < -0.39 is 0 Å². The first-order chi connectivity index (χ1) is 9.36. The zero-order valence-electron chi connectivity index (χ0n) is 11.1. The zero-order chi connectivity index (χ0) is 13.1. The first-order valence-corrected chi connectivity index (χ1v) is 7.56. The van der Waals surface area contributed by atoms with Crippen molar-refractivity contribution < 1.29 is 4.74 Å². The fourth-order valence-electron chi connectivity index (χ4n) is 2.74. The number of thiazole rings is 1. The molecule has 1 aromatic carbocycles. The van der Waals surface area contributed by atoms with Crippen molar-refractivity contribution in [3.05, 3.63) is 46.4 Å². The largest absolute Gasteiger partial charge is 0.497 e. The summed E-state index contributed by atoms with van der Waals surface area (Å²) in [6.07, 6.45) is 2.50. The number of nitrogens with zero attached hydrogens (tertiary/aromatic N) is 2. The Morgan fingerprint density at radius 2 is 2.21 bits per heavy atom. The average molecular weight is 274 g/mol. The van der Waals surface area contributed by atoms with Gasteiger partial charge in [-0.15, -0.1) is 11.3 Å². The maximum Gasteiger partial charge on any atom is 0.118 e. The van der Waals surface area contributed by atoms with Gasteiger partial charge in [-0.25, -0.2) is 4.98 Å². The molecule has 2 aromatic rings. The lowest BCUT2D eigenvalue weighted by atomic mass is 10.0. The van der Waals surface area contributed by atoms with Crippen LogP contribution in [-0.4, -0.2) is 23.5 Å². The molecule has 19 heavy (non-hydrogen) atoms. The van der Waals surface area contributed by atoms with E-state index in [4.69, 9.17) is 4.74 Å². The second-order valence-electron chi connectivity index (χ2n) is 4.88. The molecule has 0 bridgehead atoms. The van der Waals surface area contributed by atoms with E-state index in [0.717, 1.165) is 18.8 Å². The number of hydrogen-bond donors (Lipinski definition) is 0. The number of methoxy groups -OCH3 is 1. The van der Waals surface area contributed by atoms with Crippen LogP contribution in [0, 0.1) is 0 Å². The number of likely N-dealkylation sites (tertiary alicyclic amines) is 1. The molecule has 0 amide bonds. The van der Waals surface area contributed by atoms with E-state index in [1.165, 1.54) is 24.1 Å². The van der Waals surface area contributed by atoms with Crippen LogP contribution in [0.2, 0.25) is 0 Å². The normalized spacial score (nSPS) is 19.7. The predicted molar refractivity (Wildman–Crippen MR) is 77.5 cm³/mol. The number of ether oxygens (including phenoxy) is 1. The molecule has 0 N–H and O–H groups in total. The molecule has 1 aliphatic rings. The minimum absolute atomic E-state index is 0.521. The molecule has 1 aliphatic heterocycles. The van der Waals surface area contributed by atoms with Gasteiger partial charge in [0.1, 0.15) is 5.75 Å². The van der Waals surface area contributed by atoms with Crippen molar-refractivity contribution in [3.63, 3.8) is 0 Å². The Labute approximate surface area is 117 Å². The van der Waals surface area contributed by atoms with Crippen molar-refractivity contribution in [1.29, 1.82) is 0 Å². The SMILES string of the molecule is COc1ccc(C2CCCN2Cc2cscn2)cc1.